The standard InChI is InChI=1S/C16H28N2O2/c1-5-10(2)14-16(20)18(12(4)15(19)17-14)13-9-7-6-8-11(13)3/h10-14H,5-9H2,1-4H3,(H,17,19). The molecule has 0 radical (unpaired) electrons. The van der Waals surface area contributed by atoms with Gasteiger partial charge < -0.3 is 10.2 Å². The Balaban J connectivity index is 2.23. The van der Waals surface area contributed by atoms with Crippen LogP contribution in [-0.4, -0.2) is 34.8 Å². The molecule has 2 amide bonds. The van der Waals surface area contributed by atoms with Gasteiger partial charge in [0.05, 0.1) is 0 Å². The highest BCUT2D eigenvalue weighted by Crippen LogP contribution is 2.32. The summed E-state index contributed by atoms with van der Waals surface area (Å²) in [6.45, 7) is 8.19. The third-order valence-electron chi connectivity index (χ3n) is 5.25. The molecule has 114 valence electrons. The molecule has 2 aliphatic rings. The molecular weight excluding hydrogens is 252 g/mol. The molecule has 1 heterocycles. The van der Waals surface area contributed by atoms with E-state index in [4.69, 9.17) is 0 Å². The first-order chi connectivity index (χ1) is 9.47. The fraction of sp³-hybridized carbons (Fsp3) is 0.875. The van der Waals surface area contributed by atoms with Crippen molar-refractivity contribution < 1.29 is 9.59 Å². The molecule has 0 spiro atoms. The van der Waals surface area contributed by atoms with Gasteiger partial charge in [-0.3, -0.25) is 9.59 Å². The highest BCUT2D eigenvalue weighted by atomic mass is 16.2. The number of nitrogens with zero attached hydrogens (tertiary/aromatic N) is 1. The first-order valence-corrected chi connectivity index (χ1v) is 8.09. The van der Waals surface area contributed by atoms with Crippen molar-refractivity contribution in [2.75, 3.05) is 0 Å². The number of carbonyl (C=O) groups excluding carboxylic acids is 2. The van der Waals surface area contributed by atoms with Crippen molar-refractivity contribution in [2.45, 2.75) is 77.9 Å². The summed E-state index contributed by atoms with van der Waals surface area (Å²) in [6.07, 6.45) is 5.52. The molecule has 2 rings (SSSR count). The average molecular weight is 280 g/mol. The summed E-state index contributed by atoms with van der Waals surface area (Å²) in [4.78, 5) is 27.0. The number of rotatable bonds is 3. The van der Waals surface area contributed by atoms with Crippen LogP contribution in [0.2, 0.25) is 0 Å². The van der Waals surface area contributed by atoms with E-state index in [1.165, 1.54) is 12.8 Å². The number of piperazine rings is 1. The zero-order valence-electron chi connectivity index (χ0n) is 13.2. The number of hydrogen-bond acceptors (Lipinski definition) is 2. The minimum absolute atomic E-state index is 0.00711. The Morgan fingerprint density at radius 1 is 1.25 bits per heavy atom. The van der Waals surface area contributed by atoms with Gasteiger partial charge in [0.15, 0.2) is 0 Å². The van der Waals surface area contributed by atoms with Crippen LogP contribution in [0.1, 0.15) is 59.8 Å². The van der Waals surface area contributed by atoms with Crippen molar-refractivity contribution in [3.8, 4) is 0 Å². The van der Waals surface area contributed by atoms with Crippen LogP contribution in [0.15, 0.2) is 0 Å². The first kappa shape index (κ1) is 15.3. The van der Waals surface area contributed by atoms with E-state index in [1.54, 1.807) is 0 Å². The third-order valence-corrected chi connectivity index (χ3v) is 5.25. The fourth-order valence-electron chi connectivity index (χ4n) is 3.60. The molecule has 20 heavy (non-hydrogen) atoms. The molecule has 4 nitrogen and oxygen atoms in total. The maximum Gasteiger partial charge on any atom is 0.246 e. The molecule has 0 aromatic carbocycles. The summed E-state index contributed by atoms with van der Waals surface area (Å²) in [5, 5.41) is 2.92. The summed E-state index contributed by atoms with van der Waals surface area (Å²) >= 11 is 0. The lowest BCUT2D eigenvalue weighted by Gasteiger charge is -2.46. The van der Waals surface area contributed by atoms with Gasteiger partial charge in [-0.1, -0.05) is 40.0 Å². The van der Waals surface area contributed by atoms with Crippen LogP contribution in [-0.2, 0) is 9.59 Å². The summed E-state index contributed by atoms with van der Waals surface area (Å²) in [7, 11) is 0. The molecule has 1 saturated carbocycles. The van der Waals surface area contributed by atoms with E-state index in [1.807, 2.05) is 18.7 Å². The Morgan fingerprint density at radius 2 is 1.90 bits per heavy atom. The predicted molar refractivity (Wildman–Crippen MR) is 79.1 cm³/mol. The molecule has 0 aromatic heterocycles. The van der Waals surface area contributed by atoms with Gasteiger partial charge in [0, 0.05) is 6.04 Å². The molecule has 2 fully saturated rings. The van der Waals surface area contributed by atoms with E-state index in [2.05, 4.69) is 19.2 Å². The highest BCUT2D eigenvalue weighted by molar-refractivity contribution is 5.97. The van der Waals surface area contributed by atoms with Crippen molar-refractivity contribution in [2.24, 2.45) is 11.8 Å². The Morgan fingerprint density at radius 3 is 2.50 bits per heavy atom. The minimum Gasteiger partial charge on any atom is -0.342 e. The van der Waals surface area contributed by atoms with Gasteiger partial charge in [-0.25, -0.2) is 0 Å². The maximum absolute atomic E-state index is 12.8. The van der Waals surface area contributed by atoms with Crippen LogP contribution >= 0.6 is 0 Å². The number of nitrogens with one attached hydrogen (secondary N) is 1. The fourth-order valence-corrected chi connectivity index (χ4v) is 3.60. The molecule has 5 unspecified atom stereocenters. The molecule has 4 heteroatoms. The second kappa shape index (κ2) is 6.15. The summed E-state index contributed by atoms with van der Waals surface area (Å²) < 4.78 is 0. The van der Waals surface area contributed by atoms with Crippen LogP contribution in [0, 0.1) is 11.8 Å². The van der Waals surface area contributed by atoms with Crippen LogP contribution < -0.4 is 5.32 Å². The predicted octanol–water partition coefficient (Wildman–Crippen LogP) is 2.33. The second-order valence-corrected chi connectivity index (χ2v) is 6.62. The molecule has 1 aliphatic heterocycles. The van der Waals surface area contributed by atoms with E-state index < -0.39 is 0 Å². The number of carbonyl (C=O) groups is 2. The SMILES string of the molecule is CCC(C)C1NC(=O)C(C)N(C2CCCCC2C)C1=O. The molecule has 5 atom stereocenters. The Bertz CT molecular complexity index is 383. The van der Waals surface area contributed by atoms with Crippen molar-refractivity contribution in [3.63, 3.8) is 0 Å². The van der Waals surface area contributed by atoms with Gasteiger partial charge in [-0.15, -0.1) is 0 Å². The van der Waals surface area contributed by atoms with Gasteiger partial charge in [0.1, 0.15) is 12.1 Å². The molecule has 1 saturated heterocycles. The van der Waals surface area contributed by atoms with Crippen LogP contribution in [0.3, 0.4) is 0 Å². The summed E-state index contributed by atoms with van der Waals surface area (Å²) in [5.74, 6) is 0.830. The highest BCUT2D eigenvalue weighted by Gasteiger charge is 2.44. The van der Waals surface area contributed by atoms with E-state index in [-0.39, 0.29) is 35.9 Å². The first-order valence-electron chi connectivity index (χ1n) is 8.09. The summed E-state index contributed by atoms with van der Waals surface area (Å²) in [6, 6.07) is -0.421. The smallest absolute Gasteiger partial charge is 0.246 e. The van der Waals surface area contributed by atoms with E-state index in [0.29, 0.717) is 5.92 Å². The van der Waals surface area contributed by atoms with Gasteiger partial charge in [-0.2, -0.15) is 0 Å². The van der Waals surface area contributed by atoms with Gasteiger partial charge in [-0.05, 0) is 31.6 Å². The van der Waals surface area contributed by atoms with Crippen LogP contribution in [0.5, 0.6) is 0 Å². The van der Waals surface area contributed by atoms with E-state index in [0.717, 1.165) is 19.3 Å². The zero-order valence-corrected chi connectivity index (χ0v) is 13.2. The van der Waals surface area contributed by atoms with Crippen molar-refractivity contribution >= 4 is 11.8 Å². The van der Waals surface area contributed by atoms with Crippen molar-refractivity contribution in [3.05, 3.63) is 0 Å². The lowest BCUT2D eigenvalue weighted by molar-refractivity contribution is -0.155. The quantitative estimate of drug-likeness (QED) is 0.862. The number of amides is 2. The van der Waals surface area contributed by atoms with Gasteiger partial charge >= 0.3 is 0 Å². The minimum atomic E-state index is -0.335. The topological polar surface area (TPSA) is 49.4 Å². The third kappa shape index (κ3) is 2.70. The maximum atomic E-state index is 12.8. The molecule has 1 N–H and O–H groups in total. The Kier molecular flexibility index (Phi) is 4.71. The van der Waals surface area contributed by atoms with E-state index in [9.17, 15) is 9.59 Å². The van der Waals surface area contributed by atoms with Crippen molar-refractivity contribution in [1.29, 1.82) is 0 Å². The monoisotopic (exact) mass is 280 g/mol. The molecule has 1 aliphatic carbocycles. The molecular formula is C16H28N2O2. The van der Waals surface area contributed by atoms with Crippen LogP contribution in [0.4, 0.5) is 0 Å². The lowest BCUT2D eigenvalue weighted by atomic mass is 9.82. The van der Waals surface area contributed by atoms with E-state index >= 15 is 0 Å². The Labute approximate surface area is 122 Å². The number of hydrogen-bond donors (Lipinski definition) is 1. The normalized spacial score (nSPS) is 36.7. The largest absolute Gasteiger partial charge is 0.342 e. The zero-order chi connectivity index (χ0) is 14.9. The second-order valence-electron chi connectivity index (χ2n) is 6.62. The lowest BCUT2D eigenvalue weighted by Crippen LogP contribution is -2.67. The van der Waals surface area contributed by atoms with Crippen LogP contribution in [0.25, 0.3) is 0 Å². The van der Waals surface area contributed by atoms with Crippen molar-refractivity contribution in [1.82, 2.24) is 10.2 Å². The molecule has 0 aromatic rings. The average Bonchev–Trinajstić information content (AvgIpc) is 2.44. The van der Waals surface area contributed by atoms with Gasteiger partial charge in [0.2, 0.25) is 11.8 Å². The molecule has 0 bridgehead atoms. The van der Waals surface area contributed by atoms with Gasteiger partial charge in [0.25, 0.3) is 0 Å². The Hall–Kier alpha value is -1.06. The summed E-state index contributed by atoms with van der Waals surface area (Å²) in [5.41, 5.74) is 0.